The van der Waals surface area contributed by atoms with E-state index in [0.717, 1.165) is 12.4 Å². The van der Waals surface area contributed by atoms with E-state index in [2.05, 4.69) is 15.1 Å². The summed E-state index contributed by atoms with van der Waals surface area (Å²) in [6, 6.07) is 0.903. The molecule has 0 aromatic carbocycles. The first-order valence-corrected chi connectivity index (χ1v) is 10.6. The molecular formula is C17H23F3N6O2S. The van der Waals surface area contributed by atoms with E-state index >= 15 is 0 Å². The van der Waals surface area contributed by atoms with Gasteiger partial charge >= 0.3 is 6.18 Å². The average Bonchev–Trinajstić information content (AvgIpc) is 2.96. The molecule has 1 saturated heterocycles. The Labute approximate surface area is 167 Å². The molecule has 0 saturated carbocycles. The predicted octanol–water partition coefficient (Wildman–Crippen LogP) is 2.40. The molecule has 0 amide bonds. The number of rotatable bonds is 4. The van der Waals surface area contributed by atoms with Gasteiger partial charge in [-0.2, -0.15) is 22.6 Å². The third kappa shape index (κ3) is 4.08. The van der Waals surface area contributed by atoms with Gasteiger partial charge in [0.05, 0.1) is 11.4 Å². The van der Waals surface area contributed by atoms with Crippen molar-refractivity contribution in [3.8, 4) is 0 Å². The highest BCUT2D eigenvalue weighted by Crippen LogP contribution is 2.30. The highest BCUT2D eigenvalue weighted by atomic mass is 32.2. The number of anilines is 1. The SMILES string of the molecule is Cc1nn(C(C)C)c(C)c1S(=O)(=O)N1CCN(c2cc(C(F)(F)F)ncn2)CC1. The molecule has 8 nitrogen and oxygen atoms in total. The number of alkyl halides is 3. The Morgan fingerprint density at radius 1 is 1.07 bits per heavy atom. The zero-order chi connectivity index (χ0) is 21.6. The molecule has 1 aliphatic rings. The molecule has 0 N–H and O–H groups in total. The number of nitrogens with zero attached hydrogens (tertiary/aromatic N) is 6. The van der Waals surface area contributed by atoms with Crippen LogP contribution in [-0.2, 0) is 16.2 Å². The largest absolute Gasteiger partial charge is 0.433 e. The molecule has 3 rings (SSSR count). The van der Waals surface area contributed by atoms with Crippen LogP contribution >= 0.6 is 0 Å². The van der Waals surface area contributed by atoms with Crippen LogP contribution in [0.1, 0.15) is 37.0 Å². The van der Waals surface area contributed by atoms with E-state index in [0.29, 0.717) is 11.4 Å². The molecule has 2 aromatic heterocycles. The lowest BCUT2D eigenvalue weighted by molar-refractivity contribution is -0.141. The third-order valence-corrected chi connectivity index (χ3v) is 7.00. The van der Waals surface area contributed by atoms with E-state index in [4.69, 9.17) is 0 Å². The molecule has 0 radical (unpaired) electrons. The van der Waals surface area contributed by atoms with Gasteiger partial charge in [0.1, 0.15) is 22.7 Å². The van der Waals surface area contributed by atoms with E-state index in [1.807, 2.05) is 13.8 Å². The molecule has 0 unspecified atom stereocenters. The van der Waals surface area contributed by atoms with E-state index < -0.39 is 21.9 Å². The Hall–Kier alpha value is -2.21. The van der Waals surface area contributed by atoms with Crippen LogP contribution in [0.4, 0.5) is 19.0 Å². The first-order chi connectivity index (χ1) is 13.4. The molecule has 0 aliphatic carbocycles. The average molecular weight is 432 g/mol. The van der Waals surface area contributed by atoms with Gasteiger partial charge in [0.15, 0.2) is 0 Å². The van der Waals surface area contributed by atoms with Crippen molar-refractivity contribution in [2.45, 2.75) is 44.8 Å². The first kappa shape index (κ1) is 21.5. The second-order valence-corrected chi connectivity index (χ2v) is 9.06. The van der Waals surface area contributed by atoms with Crippen LogP contribution < -0.4 is 4.90 Å². The van der Waals surface area contributed by atoms with Crippen molar-refractivity contribution in [1.82, 2.24) is 24.1 Å². The van der Waals surface area contributed by atoms with Gasteiger partial charge < -0.3 is 4.90 Å². The first-order valence-electron chi connectivity index (χ1n) is 9.13. The van der Waals surface area contributed by atoms with Crippen LogP contribution in [0.15, 0.2) is 17.3 Å². The van der Waals surface area contributed by atoms with Crippen LogP contribution in [0.2, 0.25) is 0 Å². The summed E-state index contributed by atoms with van der Waals surface area (Å²) in [4.78, 5) is 8.98. The fourth-order valence-electron chi connectivity index (χ4n) is 3.49. The van der Waals surface area contributed by atoms with Crippen molar-refractivity contribution >= 4 is 15.8 Å². The maximum absolute atomic E-state index is 13.2. The van der Waals surface area contributed by atoms with E-state index in [9.17, 15) is 21.6 Å². The molecule has 0 spiro atoms. The molecule has 160 valence electrons. The monoisotopic (exact) mass is 432 g/mol. The van der Waals surface area contributed by atoms with Gasteiger partial charge in [-0.3, -0.25) is 4.68 Å². The molecule has 3 heterocycles. The fraction of sp³-hybridized carbons (Fsp3) is 0.588. The Morgan fingerprint density at radius 3 is 2.21 bits per heavy atom. The number of hydrogen-bond acceptors (Lipinski definition) is 6. The molecular weight excluding hydrogens is 409 g/mol. The van der Waals surface area contributed by atoms with Crippen molar-refractivity contribution in [2.24, 2.45) is 0 Å². The minimum absolute atomic E-state index is 0.0232. The minimum atomic E-state index is -4.56. The zero-order valence-corrected chi connectivity index (χ0v) is 17.4. The Morgan fingerprint density at radius 2 is 1.69 bits per heavy atom. The van der Waals surface area contributed by atoms with E-state index in [1.165, 1.54) is 4.31 Å². The van der Waals surface area contributed by atoms with Crippen LogP contribution in [0, 0.1) is 13.8 Å². The van der Waals surface area contributed by atoms with Crippen LogP contribution in [0.3, 0.4) is 0 Å². The number of sulfonamides is 1. The molecule has 0 bridgehead atoms. The summed E-state index contributed by atoms with van der Waals surface area (Å²) in [7, 11) is -3.76. The quantitative estimate of drug-likeness (QED) is 0.738. The Bertz CT molecular complexity index is 995. The summed E-state index contributed by atoms with van der Waals surface area (Å²) in [5.41, 5.74) is -0.0142. The Kier molecular flexibility index (Phi) is 5.60. The summed E-state index contributed by atoms with van der Waals surface area (Å²) in [5.74, 6) is 0.129. The second kappa shape index (κ2) is 7.56. The second-order valence-electron chi connectivity index (χ2n) is 7.19. The van der Waals surface area contributed by atoms with Crippen LogP contribution in [0.5, 0.6) is 0 Å². The molecule has 1 aliphatic heterocycles. The molecule has 0 atom stereocenters. The number of piperazine rings is 1. The highest BCUT2D eigenvalue weighted by Gasteiger charge is 2.36. The minimum Gasteiger partial charge on any atom is -0.354 e. The third-order valence-electron chi connectivity index (χ3n) is 4.85. The molecule has 1 fully saturated rings. The zero-order valence-electron chi connectivity index (χ0n) is 16.6. The lowest BCUT2D eigenvalue weighted by atomic mass is 10.3. The normalized spacial score (nSPS) is 16.6. The maximum atomic E-state index is 13.2. The lowest BCUT2D eigenvalue weighted by Gasteiger charge is -2.34. The van der Waals surface area contributed by atoms with Gasteiger partial charge in [0, 0.05) is 38.3 Å². The van der Waals surface area contributed by atoms with Crippen molar-refractivity contribution in [2.75, 3.05) is 31.1 Å². The maximum Gasteiger partial charge on any atom is 0.433 e. The highest BCUT2D eigenvalue weighted by molar-refractivity contribution is 7.89. The van der Waals surface area contributed by atoms with Gasteiger partial charge in [-0.25, -0.2) is 18.4 Å². The lowest BCUT2D eigenvalue weighted by Crippen LogP contribution is -2.49. The standard InChI is InChI=1S/C17H23F3N6O2S/c1-11(2)26-13(4)16(12(3)23-26)29(27,28)25-7-5-24(6-8-25)15-9-14(17(18,19)20)21-10-22-15/h9-11H,5-8H2,1-4H3. The number of halogens is 3. The molecule has 12 heteroatoms. The summed E-state index contributed by atoms with van der Waals surface area (Å²) in [6.45, 7) is 7.96. The summed E-state index contributed by atoms with van der Waals surface area (Å²) in [6.07, 6.45) is -3.69. The van der Waals surface area contributed by atoms with Gasteiger partial charge in [0.25, 0.3) is 0 Å². The fourth-order valence-corrected chi connectivity index (χ4v) is 5.27. The summed E-state index contributed by atoms with van der Waals surface area (Å²) < 4.78 is 68.0. The van der Waals surface area contributed by atoms with E-state index in [1.54, 1.807) is 23.4 Å². The smallest absolute Gasteiger partial charge is 0.354 e. The predicted molar refractivity (Wildman–Crippen MR) is 100 cm³/mol. The Balaban J connectivity index is 1.79. The van der Waals surface area contributed by atoms with E-state index in [-0.39, 0.29) is 42.9 Å². The molecule has 2 aromatic rings. The summed E-state index contributed by atoms with van der Waals surface area (Å²) in [5, 5.41) is 4.34. The van der Waals surface area contributed by atoms with Crippen LogP contribution in [-0.4, -0.2) is 58.7 Å². The van der Waals surface area contributed by atoms with Crippen molar-refractivity contribution in [1.29, 1.82) is 0 Å². The van der Waals surface area contributed by atoms with Crippen molar-refractivity contribution < 1.29 is 21.6 Å². The van der Waals surface area contributed by atoms with Gasteiger partial charge in [-0.15, -0.1) is 0 Å². The number of hydrogen-bond donors (Lipinski definition) is 0. The topological polar surface area (TPSA) is 84.2 Å². The number of aryl methyl sites for hydroxylation is 1. The van der Waals surface area contributed by atoms with Crippen molar-refractivity contribution in [3.05, 3.63) is 29.5 Å². The van der Waals surface area contributed by atoms with Gasteiger partial charge in [0.2, 0.25) is 10.0 Å². The number of aromatic nitrogens is 4. The molecule has 29 heavy (non-hydrogen) atoms. The summed E-state index contributed by atoms with van der Waals surface area (Å²) >= 11 is 0. The van der Waals surface area contributed by atoms with Gasteiger partial charge in [-0.05, 0) is 27.7 Å². The van der Waals surface area contributed by atoms with Crippen LogP contribution in [0.25, 0.3) is 0 Å². The van der Waals surface area contributed by atoms with Crippen molar-refractivity contribution in [3.63, 3.8) is 0 Å². The van der Waals surface area contributed by atoms with Gasteiger partial charge in [-0.1, -0.05) is 0 Å².